The molecule has 0 radical (unpaired) electrons. The summed E-state index contributed by atoms with van der Waals surface area (Å²) in [7, 11) is 1.55. The van der Waals surface area contributed by atoms with Gasteiger partial charge in [0.25, 0.3) is 11.5 Å². The number of ether oxygens (including phenoxy) is 1. The van der Waals surface area contributed by atoms with Crippen LogP contribution in [0.1, 0.15) is 29.0 Å². The summed E-state index contributed by atoms with van der Waals surface area (Å²) >= 11 is 0. The molecule has 33 heavy (non-hydrogen) atoms. The minimum absolute atomic E-state index is 0.157. The van der Waals surface area contributed by atoms with Crippen molar-refractivity contribution in [3.63, 3.8) is 0 Å². The number of pyridine rings is 1. The standard InChI is InChI=1S/C25H21N5O3/c1-15(19-9-10-23(33-2)26-13-19)27-24(31)20-12-22-25(32)28-21(14-30(22)29-20)18-8-7-16-5-3-4-6-17(16)11-18/h3-15H,1-2H3,(H,27,31)(H,28,32). The van der Waals surface area contributed by atoms with E-state index in [9.17, 15) is 9.59 Å². The molecular weight excluding hydrogens is 418 g/mol. The third-order valence-electron chi connectivity index (χ3n) is 5.58. The van der Waals surface area contributed by atoms with Crippen LogP contribution in [-0.2, 0) is 0 Å². The average Bonchev–Trinajstić information content (AvgIpc) is 3.29. The average molecular weight is 439 g/mol. The van der Waals surface area contributed by atoms with Gasteiger partial charge in [-0.2, -0.15) is 5.10 Å². The molecule has 1 atom stereocenters. The molecule has 0 aliphatic carbocycles. The Morgan fingerprint density at radius 2 is 1.91 bits per heavy atom. The van der Waals surface area contributed by atoms with E-state index in [1.54, 1.807) is 25.6 Å². The van der Waals surface area contributed by atoms with Crippen LogP contribution < -0.4 is 15.6 Å². The second-order valence-electron chi connectivity index (χ2n) is 7.75. The van der Waals surface area contributed by atoms with Gasteiger partial charge in [-0.05, 0) is 29.3 Å². The van der Waals surface area contributed by atoms with E-state index in [1.807, 2.05) is 55.5 Å². The normalized spacial score (nSPS) is 12.1. The SMILES string of the molecule is COc1ccc(C(C)NC(=O)c2cc3c(=O)[nH]c(-c4ccc5ccccc5c4)cn3n2)cn1. The molecule has 1 unspecified atom stereocenters. The van der Waals surface area contributed by atoms with Gasteiger partial charge < -0.3 is 15.0 Å². The van der Waals surface area contributed by atoms with Gasteiger partial charge in [-0.15, -0.1) is 0 Å². The Morgan fingerprint density at radius 3 is 2.67 bits per heavy atom. The molecule has 1 amide bonds. The number of carbonyl (C=O) groups excluding carboxylic acids is 1. The van der Waals surface area contributed by atoms with E-state index in [0.717, 1.165) is 21.9 Å². The minimum atomic E-state index is -0.381. The molecule has 2 aromatic carbocycles. The van der Waals surface area contributed by atoms with Gasteiger partial charge >= 0.3 is 0 Å². The molecule has 5 rings (SSSR count). The highest BCUT2D eigenvalue weighted by Crippen LogP contribution is 2.23. The van der Waals surface area contributed by atoms with Crippen LogP contribution in [0.25, 0.3) is 27.5 Å². The second-order valence-corrected chi connectivity index (χ2v) is 7.75. The molecule has 5 aromatic rings. The maximum atomic E-state index is 12.8. The lowest BCUT2D eigenvalue weighted by atomic mass is 10.1. The molecule has 0 saturated heterocycles. The molecule has 0 spiro atoms. The minimum Gasteiger partial charge on any atom is -0.481 e. The number of amides is 1. The van der Waals surface area contributed by atoms with Crippen LogP contribution in [0.15, 0.2) is 77.9 Å². The Labute approximate surface area is 188 Å². The summed E-state index contributed by atoms with van der Waals surface area (Å²) in [6.07, 6.45) is 3.36. The van der Waals surface area contributed by atoms with Gasteiger partial charge in [-0.3, -0.25) is 9.59 Å². The fourth-order valence-corrected chi connectivity index (χ4v) is 3.74. The lowest BCUT2D eigenvalue weighted by Gasteiger charge is -2.13. The van der Waals surface area contributed by atoms with Crippen molar-refractivity contribution >= 4 is 22.2 Å². The van der Waals surface area contributed by atoms with Gasteiger partial charge in [0.2, 0.25) is 5.88 Å². The third kappa shape index (κ3) is 3.94. The van der Waals surface area contributed by atoms with Crippen molar-refractivity contribution in [3.8, 4) is 17.1 Å². The van der Waals surface area contributed by atoms with Crippen LogP contribution >= 0.6 is 0 Å². The number of nitrogens with zero attached hydrogens (tertiary/aromatic N) is 3. The van der Waals surface area contributed by atoms with E-state index in [-0.39, 0.29) is 23.2 Å². The van der Waals surface area contributed by atoms with E-state index in [1.165, 1.54) is 10.6 Å². The monoisotopic (exact) mass is 439 g/mol. The number of nitrogens with one attached hydrogen (secondary N) is 2. The number of rotatable bonds is 5. The summed E-state index contributed by atoms with van der Waals surface area (Å²) in [6.45, 7) is 1.85. The molecule has 3 aromatic heterocycles. The molecule has 3 heterocycles. The Morgan fingerprint density at radius 1 is 1.09 bits per heavy atom. The summed E-state index contributed by atoms with van der Waals surface area (Å²) in [5.41, 5.74) is 2.43. The Kier molecular flexibility index (Phi) is 5.10. The Hall–Kier alpha value is -4.46. The number of aromatic nitrogens is 4. The highest BCUT2D eigenvalue weighted by molar-refractivity contribution is 5.94. The molecule has 164 valence electrons. The quantitative estimate of drug-likeness (QED) is 0.434. The Balaban J connectivity index is 1.43. The molecule has 0 aliphatic heterocycles. The lowest BCUT2D eigenvalue weighted by Crippen LogP contribution is -2.27. The number of carbonyl (C=O) groups is 1. The van der Waals surface area contributed by atoms with Crippen molar-refractivity contribution in [1.82, 2.24) is 24.9 Å². The van der Waals surface area contributed by atoms with E-state index in [4.69, 9.17) is 4.74 Å². The van der Waals surface area contributed by atoms with Gasteiger partial charge in [0.15, 0.2) is 5.69 Å². The second kappa shape index (κ2) is 8.23. The summed E-state index contributed by atoms with van der Waals surface area (Å²) in [6, 6.07) is 18.7. The summed E-state index contributed by atoms with van der Waals surface area (Å²) < 4.78 is 6.51. The van der Waals surface area contributed by atoms with Crippen molar-refractivity contribution in [2.75, 3.05) is 7.11 Å². The molecule has 0 fully saturated rings. The zero-order valence-electron chi connectivity index (χ0n) is 18.1. The summed E-state index contributed by atoms with van der Waals surface area (Å²) in [5.74, 6) is 0.118. The number of hydrogen-bond acceptors (Lipinski definition) is 5. The number of benzene rings is 2. The lowest BCUT2D eigenvalue weighted by molar-refractivity contribution is 0.0934. The van der Waals surface area contributed by atoms with Crippen LogP contribution in [-0.4, -0.2) is 32.6 Å². The van der Waals surface area contributed by atoms with Crippen molar-refractivity contribution in [1.29, 1.82) is 0 Å². The van der Waals surface area contributed by atoms with Crippen molar-refractivity contribution in [3.05, 3.63) is 94.7 Å². The number of aromatic amines is 1. The van der Waals surface area contributed by atoms with Crippen molar-refractivity contribution in [2.24, 2.45) is 0 Å². The highest BCUT2D eigenvalue weighted by Gasteiger charge is 2.17. The fourth-order valence-electron chi connectivity index (χ4n) is 3.74. The number of H-pyrrole nitrogens is 1. The smallest absolute Gasteiger partial charge is 0.274 e. The molecular formula is C25H21N5O3. The van der Waals surface area contributed by atoms with Gasteiger partial charge in [0, 0.05) is 23.9 Å². The van der Waals surface area contributed by atoms with Crippen LogP contribution in [0, 0.1) is 0 Å². The van der Waals surface area contributed by atoms with E-state index in [0.29, 0.717) is 17.1 Å². The van der Waals surface area contributed by atoms with Crippen molar-refractivity contribution < 1.29 is 9.53 Å². The van der Waals surface area contributed by atoms with Crippen LogP contribution in [0.3, 0.4) is 0 Å². The first kappa shape index (κ1) is 20.4. The first-order valence-electron chi connectivity index (χ1n) is 10.4. The van der Waals surface area contributed by atoms with Gasteiger partial charge in [-0.1, -0.05) is 42.5 Å². The van der Waals surface area contributed by atoms with Gasteiger partial charge in [0.1, 0.15) is 5.52 Å². The van der Waals surface area contributed by atoms with Gasteiger partial charge in [-0.25, -0.2) is 9.50 Å². The van der Waals surface area contributed by atoms with Crippen LogP contribution in [0.4, 0.5) is 0 Å². The first-order valence-corrected chi connectivity index (χ1v) is 10.4. The zero-order chi connectivity index (χ0) is 22.9. The molecule has 0 saturated carbocycles. The number of fused-ring (bicyclic) bond motifs is 2. The van der Waals surface area contributed by atoms with Crippen LogP contribution in [0.2, 0.25) is 0 Å². The first-order chi connectivity index (χ1) is 16.0. The molecule has 0 aliphatic rings. The molecule has 8 heteroatoms. The maximum absolute atomic E-state index is 12.8. The Bertz CT molecular complexity index is 1540. The van der Waals surface area contributed by atoms with Crippen molar-refractivity contribution in [2.45, 2.75) is 13.0 Å². The maximum Gasteiger partial charge on any atom is 0.274 e. The fraction of sp³-hybridized carbons (Fsp3) is 0.120. The van der Waals surface area contributed by atoms with Crippen LogP contribution in [0.5, 0.6) is 5.88 Å². The molecule has 2 N–H and O–H groups in total. The molecule has 0 bridgehead atoms. The van der Waals surface area contributed by atoms with Gasteiger partial charge in [0.05, 0.1) is 25.0 Å². The molecule has 8 nitrogen and oxygen atoms in total. The van der Waals surface area contributed by atoms with E-state index >= 15 is 0 Å². The number of methoxy groups -OCH3 is 1. The summed E-state index contributed by atoms with van der Waals surface area (Å²) in [5, 5.41) is 9.42. The van der Waals surface area contributed by atoms with E-state index < -0.39 is 0 Å². The van der Waals surface area contributed by atoms with E-state index in [2.05, 4.69) is 20.4 Å². The topological polar surface area (TPSA) is 101 Å². The predicted octanol–water partition coefficient (Wildman–Crippen LogP) is 3.74. The highest BCUT2D eigenvalue weighted by atomic mass is 16.5. The third-order valence-corrected chi connectivity index (χ3v) is 5.58. The largest absolute Gasteiger partial charge is 0.481 e. The number of hydrogen-bond donors (Lipinski definition) is 2. The summed E-state index contributed by atoms with van der Waals surface area (Å²) in [4.78, 5) is 32.6. The zero-order valence-corrected chi connectivity index (χ0v) is 18.1. The predicted molar refractivity (Wildman–Crippen MR) is 125 cm³/mol.